The van der Waals surface area contributed by atoms with Gasteiger partial charge >= 0.3 is 0 Å². The molecule has 11 heteroatoms. The van der Waals surface area contributed by atoms with Gasteiger partial charge in [0.2, 0.25) is 5.91 Å². The maximum Gasteiger partial charge on any atom is 0.245 e. The average Bonchev–Trinajstić information content (AvgIpc) is 3.45. The molecular weight excluding hydrogens is 386 g/mol. The lowest BCUT2D eigenvalue weighted by atomic mass is 10.1. The van der Waals surface area contributed by atoms with Crippen molar-refractivity contribution in [1.82, 2.24) is 35.1 Å². The molecule has 1 aliphatic heterocycles. The smallest absolute Gasteiger partial charge is 0.245 e. The fraction of sp³-hybridized carbons (Fsp3) is 0.421. The minimum absolute atomic E-state index is 0. The highest BCUT2D eigenvalue weighted by Crippen LogP contribution is 2.35. The highest BCUT2D eigenvalue weighted by molar-refractivity contribution is 5.99. The van der Waals surface area contributed by atoms with E-state index in [1.807, 2.05) is 11.8 Å². The van der Waals surface area contributed by atoms with Crippen molar-refractivity contribution in [2.24, 2.45) is 0 Å². The zero-order chi connectivity index (χ0) is 20.7. The van der Waals surface area contributed by atoms with Crippen molar-refractivity contribution in [1.29, 1.82) is 0 Å². The summed E-state index contributed by atoms with van der Waals surface area (Å²) in [6.45, 7) is 2.12. The van der Waals surface area contributed by atoms with Crippen LogP contribution in [0.1, 0.15) is 26.4 Å². The Morgan fingerprint density at radius 2 is 2.03 bits per heavy atom. The SMILES string of the molecule is CO[C@H]1CC[C@H](N2CC(=O)Nc3ncc(-c4ncc(-c5ncn[nH]5)nc4C)nc32)C1.[HH]. The van der Waals surface area contributed by atoms with Crippen molar-refractivity contribution in [3.05, 3.63) is 24.4 Å². The molecule has 2 atom stereocenters. The van der Waals surface area contributed by atoms with Gasteiger partial charge < -0.3 is 15.0 Å². The van der Waals surface area contributed by atoms with E-state index in [9.17, 15) is 4.79 Å². The van der Waals surface area contributed by atoms with Crippen LogP contribution in [0.4, 0.5) is 11.6 Å². The van der Waals surface area contributed by atoms with Crippen LogP contribution in [0.15, 0.2) is 18.7 Å². The van der Waals surface area contributed by atoms with Gasteiger partial charge in [0, 0.05) is 14.6 Å². The summed E-state index contributed by atoms with van der Waals surface area (Å²) in [7, 11) is 1.73. The third kappa shape index (κ3) is 3.26. The lowest BCUT2D eigenvalue weighted by Gasteiger charge is -2.34. The highest BCUT2D eigenvalue weighted by Gasteiger charge is 2.35. The topological polar surface area (TPSA) is 135 Å². The Bertz CT molecular complexity index is 1090. The van der Waals surface area contributed by atoms with E-state index in [1.54, 1.807) is 19.5 Å². The number of nitrogens with one attached hydrogen (secondary N) is 2. The molecule has 0 radical (unpaired) electrons. The maximum atomic E-state index is 12.2. The molecule has 0 unspecified atom stereocenters. The Hall–Kier alpha value is -3.47. The number of aromatic nitrogens is 7. The Morgan fingerprint density at radius 3 is 2.77 bits per heavy atom. The van der Waals surface area contributed by atoms with Crippen LogP contribution in [-0.2, 0) is 9.53 Å². The zero-order valence-corrected chi connectivity index (χ0v) is 16.7. The van der Waals surface area contributed by atoms with E-state index in [2.05, 4.69) is 35.5 Å². The molecule has 0 bridgehead atoms. The largest absolute Gasteiger partial charge is 0.381 e. The monoisotopic (exact) mass is 409 g/mol. The van der Waals surface area contributed by atoms with Crippen LogP contribution in [0.3, 0.4) is 0 Å². The molecule has 2 aliphatic rings. The molecule has 4 heterocycles. The summed E-state index contributed by atoms with van der Waals surface area (Å²) in [6.07, 6.45) is 7.65. The van der Waals surface area contributed by atoms with E-state index in [-0.39, 0.29) is 26.0 Å². The lowest BCUT2D eigenvalue weighted by Crippen LogP contribution is -2.44. The number of carbonyl (C=O) groups excluding carboxylic acids is 1. The number of hydrogen-bond acceptors (Lipinski definition) is 9. The van der Waals surface area contributed by atoms with Gasteiger partial charge in [0.1, 0.15) is 23.4 Å². The van der Waals surface area contributed by atoms with Crippen molar-refractivity contribution < 1.29 is 11.0 Å². The number of rotatable bonds is 4. The predicted molar refractivity (Wildman–Crippen MR) is 110 cm³/mol. The molecule has 1 saturated carbocycles. The second kappa shape index (κ2) is 7.41. The number of amides is 1. The van der Waals surface area contributed by atoms with Gasteiger partial charge in [-0.3, -0.25) is 14.9 Å². The number of ether oxygens (including phenoxy) is 1. The van der Waals surface area contributed by atoms with Crippen LogP contribution >= 0.6 is 0 Å². The van der Waals surface area contributed by atoms with Crippen molar-refractivity contribution in [2.45, 2.75) is 38.3 Å². The fourth-order valence-corrected chi connectivity index (χ4v) is 4.08. The molecule has 5 rings (SSSR count). The Labute approximate surface area is 173 Å². The molecule has 156 valence electrons. The highest BCUT2D eigenvalue weighted by atomic mass is 16.5. The summed E-state index contributed by atoms with van der Waals surface area (Å²) in [4.78, 5) is 36.7. The molecule has 2 N–H and O–H groups in total. The van der Waals surface area contributed by atoms with Gasteiger partial charge in [0.15, 0.2) is 17.5 Å². The van der Waals surface area contributed by atoms with Gasteiger partial charge in [-0.1, -0.05) is 0 Å². The van der Waals surface area contributed by atoms with E-state index in [1.165, 1.54) is 6.33 Å². The quantitative estimate of drug-likeness (QED) is 0.658. The Morgan fingerprint density at radius 1 is 1.17 bits per heavy atom. The molecule has 0 aromatic carbocycles. The number of aromatic amines is 1. The van der Waals surface area contributed by atoms with Gasteiger partial charge in [-0.15, -0.1) is 0 Å². The number of carbonyl (C=O) groups is 1. The summed E-state index contributed by atoms with van der Waals surface area (Å²) < 4.78 is 5.50. The maximum absolute atomic E-state index is 12.2. The van der Waals surface area contributed by atoms with Crippen LogP contribution in [0.25, 0.3) is 22.9 Å². The Kier molecular flexibility index (Phi) is 4.58. The number of nitrogens with zero attached hydrogens (tertiary/aromatic N) is 7. The molecule has 3 aromatic heterocycles. The van der Waals surface area contributed by atoms with E-state index in [4.69, 9.17) is 9.72 Å². The summed E-state index contributed by atoms with van der Waals surface area (Å²) >= 11 is 0. The van der Waals surface area contributed by atoms with E-state index in [0.717, 1.165) is 19.3 Å². The second-order valence-electron chi connectivity index (χ2n) is 7.45. The van der Waals surface area contributed by atoms with Crippen molar-refractivity contribution in [3.63, 3.8) is 0 Å². The van der Waals surface area contributed by atoms with Gasteiger partial charge in [-0.25, -0.2) is 19.9 Å². The van der Waals surface area contributed by atoms with Gasteiger partial charge in [-0.2, -0.15) is 5.10 Å². The first-order valence-electron chi connectivity index (χ1n) is 9.78. The number of hydrogen-bond donors (Lipinski definition) is 2. The first-order chi connectivity index (χ1) is 14.6. The minimum atomic E-state index is -0.0854. The van der Waals surface area contributed by atoms with Gasteiger partial charge in [0.25, 0.3) is 0 Å². The van der Waals surface area contributed by atoms with Crippen LogP contribution in [0.2, 0.25) is 0 Å². The van der Waals surface area contributed by atoms with E-state index in [0.29, 0.717) is 40.2 Å². The summed E-state index contributed by atoms with van der Waals surface area (Å²) in [5.41, 5.74) is 2.53. The van der Waals surface area contributed by atoms with Gasteiger partial charge in [-0.05, 0) is 26.2 Å². The predicted octanol–water partition coefficient (Wildman–Crippen LogP) is 1.60. The molecule has 30 heavy (non-hydrogen) atoms. The fourth-order valence-electron chi connectivity index (χ4n) is 4.08. The van der Waals surface area contributed by atoms with Crippen LogP contribution in [-0.4, -0.2) is 66.8 Å². The average molecular weight is 409 g/mol. The lowest BCUT2D eigenvalue weighted by molar-refractivity contribution is -0.115. The van der Waals surface area contributed by atoms with Crippen molar-refractivity contribution in [2.75, 3.05) is 23.9 Å². The van der Waals surface area contributed by atoms with Crippen molar-refractivity contribution >= 4 is 17.5 Å². The molecular formula is C19H23N9O2. The van der Waals surface area contributed by atoms with E-state index < -0.39 is 0 Å². The third-order valence-corrected chi connectivity index (χ3v) is 5.58. The number of anilines is 2. The van der Waals surface area contributed by atoms with Crippen LogP contribution < -0.4 is 10.2 Å². The molecule has 1 fully saturated rings. The van der Waals surface area contributed by atoms with E-state index >= 15 is 0 Å². The standard InChI is InChI=1S/C19H21N9O2.H2/c1-10-16(20-7-14(24-10)17-22-9-23-27-17)13-6-21-18-19(25-13)28(8-15(29)26-18)11-3-4-12(5-11)30-2;/h6-7,9,11-12H,3-5,8H2,1-2H3,(H,21,26,29)(H,22,23,27);1H/t11-,12-;/m0./s1. The van der Waals surface area contributed by atoms with Gasteiger partial charge in [0.05, 0.1) is 30.7 Å². The first-order valence-corrected chi connectivity index (χ1v) is 9.78. The third-order valence-electron chi connectivity index (χ3n) is 5.58. The molecule has 1 amide bonds. The second-order valence-corrected chi connectivity index (χ2v) is 7.45. The summed E-state index contributed by atoms with van der Waals surface area (Å²) in [5.74, 6) is 1.60. The summed E-state index contributed by atoms with van der Waals surface area (Å²) in [6, 6.07) is 0.185. The molecule has 0 saturated heterocycles. The number of fused-ring (bicyclic) bond motifs is 1. The zero-order valence-electron chi connectivity index (χ0n) is 16.7. The minimum Gasteiger partial charge on any atom is -0.381 e. The normalized spacial score (nSPS) is 20.9. The Balaban J connectivity index is 0.00000231. The van der Waals surface area contributed by atoms with Crippen molar-refractivity contribution in [3.8, 4) is 22.9 Å². The first kappa shape index (κ1) is 18.6. The number of methoxy groups -OCH3 is 1. The molecule has 3 aromatic rings. The molecule has 0 spiro atoms. The molecule has 1 aliphatic carbocycles. The van der Waals surface area contributed by atoms with Crippen LogP contribution in [0.5, 0.6) is 0 Å². The van der Waals surface area contributed by atoms with Crippen LogP contribution in [0, 0.1) is 6.92 Å². The summed E-state index contributed by atoms with van der Waals surface area (Å²) in [5, 5.41) is 9.45. The number of H-pyrrole nitrogens is 1. The number of aryl methyl sites for hydroxylation is 1. The molecule has 11 nitrogen and oxygen atoms in total.